The molecule has 4 rings (SSSR count). The molecule has 2 heterocycles. The van der Waals surface area contributed by atoms with Gasteiger partial charge in [0.1, 0.15) is 6.33 Å². The summed E-state index contributed by atoms with van der Waals surface area (Å²) < 4.78 is 1.80. The zero-order valence-electron chi connectivity index (χ0n) is 15.9. The fraction of sp³-hybridized carbons (Fsp3) is 0.100. The zero-order chi connectivity index (χ0) is 20.9. The first-order valence-electron chi connectivity index (χ1n) is 8.95. The van der Waals surface area contributed by atoms with Gasteiger partial charge in [-0.1, -0.05) is 35.5 Å². The van der Waals surface area contributed by atoms with Gasteiger partial charge in [-0.15, -0.1) is 21.5 Å². The Kier molecular flexibility index (Phi) is 6.32. The molecule has 0 saturated heterocycles. The minimum atomic E-state index is -0.136. The molecule has 4 aromatic rings. The average molecular weight is 457 g/mol. The lowest BCUT2D eigenvalue weighted by Crippen LogP contribution is -2.14. The monoisotopic (exact) mass is 456 g/mol. The Bertz CT molecular complexity index is 1180. The number of hydrogen-bond donors (Lipinski definition) is 2. The van der Waals surface area contributed by atoms with E-state index in [-0.39, 0.29) is 11.7 Å². The van der Waals surface area contributed by atoms with Gasteiger partial charge in [0.2, 0.25) is 5.91 Å². The van der Waals surface area contributed by atoms with Crippen molar-refractivity contribution < 1.29 is 4.79 Å². The van der Waals surface area contributed by atoms with Crippen LogP contribution < -0.4 is 10.6 Å². The molecule has 0 aliphatic carbocycles. The lowest BCUT2D eigenvalue weighted by atomic mass is 10.3. The molecule has 152 valence electrons. The van der Waals surface area contributed by atoms with Crippen LogP contribution in [-0.2, 0) is 4.79 Å². The van der Waals surface area contributed by atoms with Crippen molar-refractivity contribution in [1.82, 2.24) is 19.7 Å². The molecule has 0 spiro atoms. The van der Waals surface area contributed by atoms with Gasteiger partial charge in [0.05, 0.1) is 17.1 Å². The number of nitrogens with zero attached hydrogens (tertiary/aromatic N) is 4. The molecule has 0 fully saturated rings. The summed E-state index contributed by atoms with van der Waals surface area (Å²) in [4.78, 5) is 16.8. The predicted molar refractivity (Wildman–Crippen MR) is 122 cm³/mol. The Morgan fingerprint density at radius 3 is 2.83 bits per heavy atom. The van der Waals surface area contributed by atoms with Crippen molar-refractivity contribution in [3.05, 3.63) is 71.0 Å². The molecule has 0 aliphatic heterocycles. The topological polar surface area (TPSA) is 84.7 Å². The Morgan fingerprint density at radius 2 is 2.03 bits per heavy atom. The highest BCUT2D eigenvalue weighted by Crippen LogP contribution is 2.24. The molecular weight excluding hydrogens is 440 g/mol. The lowest BCUT2D eigenvalue weighted by molar-refractivity contribution is -0.113. The first-order valence-corrected chi connectivity index (χ1v) is 11.2. The molecule has 30 heavy (non-hydrogen) atoms. The summed E-state index contributed by atoms with van der Waals surface area (Å²) in [7, 11) is 0. The minimum absolute atomic E-state index is 0.136. The van der Waals surface area contributed by atoms with Gasteiger partial charge in [0, 0.05) is 21.8 Å². The maximum absolute atomic E-state index is 12.4. The number of carbonyl (C=O) groups is 1. The molecular formula is C20H17ClN6OS2. The maximum atomic E-state index is 12.4. The second-order valence-electron chi connectivity index (χ2n) is 6.30. The number of carbonyl (C=O) groups excluding carboxylic acids is 1. The highest BCUT2D eigenvalue weighted by atomic mass is 35.5. The van der Waals surface area contributed by atoms with E-state index < -0.39 is 0 Å². The van der Waals surface area contributed by atoms with Crippen LogP contribution in [0.4, 0.5) is 16.5 Å². The standard InChI is InChI=1S/C20H17ClN6OS2/c1-13-10-29-19(23-13)25-16-6-3-5-15(9-16)24-18(28)11-30-20-26-22-12-27(20)17-7-2-4-14(21)8-17/h2-10,12H,11H2,1H3,(H,23,25)(H,24,28). The number of nitrogens with one attached hydrogen (secondary N) is 2. The molecule has 0 radical (unpaired) electrons. The third kappa shape index (κ3) is 5.18. The average Bonchev–Trinajstić information content (AvgIpc) is 3.35. The highest BCUT2D eigenvalue weighted by molar-refractivity contribution is 7.99. The fourth-order valence-electron chi connectivity index (χ4n) is 2.66. The predicted octanol–water partition coefficient (Wildman–Crippen LogP) is 5.16. The summed E-state index contributed by atoms with van der Waals surface area (Å²) in [5, 5.41) is 18.2. The lowest BCUT2D eigenvalue weighted by Gasteiger charge is -2.09. The van der Waals surface area contributed by atoms with Crippen LogP contribution in [0.2, 0.25) is 5.02 Å². The third-order valence-corrected chi connectivity index (χ3v) is 6.01. The Labute approximate surface area is 186 Å². The molecule has 2 aromatic heterocycles. The molecule has 10 heteroatoms. The zero-order valence-corrected chi connectivity index (χ0v) is 18.3. The number of rotatable bonds is 7. The molecule has 0 unspecified atom stereocenters. The molecule has 2 aromatic carbocycles. The van der Waals surface area contributed by atoms with Crippen molar-refractivity contribution in [1.29, 1.82) is 0 Å². The number of anilines is 3. The van der Waals surface area contributed by atoms with Gasteiger partial charge < -0.3 is 10.6 Å². The van der Waals surface area contributed by atoms with E-state index >= 15 is 0 Å². The van der Waals surface area contributed by atoms with Gasteiger partial charge in [-0.2, -0.15) is 0 Å². The van der Waals surface area contributed by atoms with Crippen LogP contribution in [0, 0.1) is 6.92 Å². The van der Waals surface area contributed by atoms with Gasteiger partial charge in [-0.25, -0.2) is 4.98 Å². The summed E-state index contributed by atoms with van der Waals surface area (Å²) in [6, 6.07) is 14.9. The first-order chi connectivity index (χ1) is 14.6. The van der Waals surface area contributed by atoms with E-state index in [4.69, 9.17) is 11.6 Å². The van der Waals surface area contributed by atoms with Crippen LogP contribution >= 0.6 is 34.7 Å². The number of aromatic nitrogens is 4. The minimum Gasteiger partial charge on any atom is -0.331 e. The number of halogens is 1. The molecule has 2 N–H and O–H groups in total. The number of aryl methyl sites for hydroxylation is 1. The molecule has 0 bridgehead atoms. The highest BCUT2D eigenvalue weighted by Gasteiger charge is 2.11. The SMILES string of the molecule is Cc1csc(Nc2cccc(NC(=O)CSc3nncn3-c3cccc(Cl)c3)c2)n1. The summed E-state index contributed by atoms with van der Waals surface area (Å²) >= 11 is 8.90. The van der Waals surface area contributed by atoms with E-state index in [1.54, 1.807) is 17.0 Å². The van der Waals surface area contributed by atoms with E-state index in [2.05, 4.69) is 25.8 Å². The van der Waals surface area contributed by atoms with E-state index in [0.717, 1.165) is 22.2 Å². The van der Waals surface area contributed by atoms with Crippen LogP contribution in [0.25, 0.3) is 5.69 Å². The van der Waals surface area contributed by atoms with Crippen LogP contribution in [0.1, 0.15) is 5.69 Å². The van der Waals surface area contributed by atoms with Gasteiger partial charge in [-0.05, 0) is 43.3 Å². The normalized spacial score (nSPS) is 10.7. The summed E-state index contributed by atoms with van der Waals surface area (Å²) in [6.45, 7) is 1.95. The first kappa shape index (κ1) is 20.4. The molecule has 1 amide bonds. The number of amides is 1. The van der Waals surface area contributed by atoms with Crippen molar-refractivity contribution in [2.24, 2.45) is 0 Å². The van der Waals surface area contributed by atoms with Crippen molar-refractivity contribution in [2.45, 2.75) is 12.1 Å². The van der Waals surface area contributed by atoms with Crippen LogP contribution in [-0.4, -0.2) is 31.4 Å². The van der Waals surface area contributed by atoms with Crippen molar-refractivity contribution in [2.75, 3.05) is 16.4 Å². The summed E-state index contributed by atoms with van der Waals surface area (Å²) in [6.07, 6.45) is 1.60. The number of benzene rings is 2. The number of hydrogen-bond acceptors (Lipinski definition) is 7. The van der Waals surface area contributed by atoms with Crippen LogP contribution in [0.3, 0.4) is 0 Å². The Hall–Kier alpha value is -2.88. The van der Waals surface area contributed by atoms with E-state index in [1.807, 2.05) is 54.8 Å². The second-order valence-corrected chi connectivity index (χ2v) is 8.54. The summed E-state index contributed by atoms with van der Waals surface area (Å²) in [5.41, 5.74) is 3.37. The van der Waals surface area contributed by atoms with Gasteiger partial charge >= 0.3 is 0 Å². The van der Waals surface area contributed by atoms with E-state index in [1.165, 1.54) is 23.1 Å². The van der Waals surface area contributed by atoms with Crippen LogP contribution in [0.15, 0.2) is 65.4 Å². The largest absolute Gasteiger partial charge is 0.331 e. The number of thiazole rings is 1. The molecule has 7 nitrogen and oxygen atoms in total. The summed E-state index contributed by atoms with van der Waals surface area (Å²) in [5.74, 6) is 0.0608. The van der Waals surface area contributed by atoms with Crippen LogP contribution in [0.5, 0.6) is 0 Å². The Morgan fingerprint density at radius 1 is 1.20 bits per heavy atom. The molecule has 0 saturated carbocycles. The van der Waals surface area contributed by atoms with E-state index in [0.29, 0.717) is 15.9 Å². The van der Waals surface area contributed by atoms with Gasteiger partial charge in [0.15, 0.2) is 10.3 Å². The maximum Gasteiger partial charge on any atom is 0.234 e. The molecule has 0 atom stereocenters. The van der Waals surface area contributed by atoms with Crippen molar-refractivity contribution >= 4 is 57.1 Å². The fourth-order valence-corrected chi connectivity index (χ4v) is 4.28. The number of thioether (sulfide) groups is 1. The van der Waals surface area contributed by atoms with Gasteiger partial charge in [-0.3, -0.25) is 9.36 Å². The third-order valence-electron chi connectivity index (χ3n) is 3.95. The van der Waals surface area contributed by atoms with Crippen molar-refractivity contribution in [3.8, 4) is 5.69 Å². The smallest absolute Gasteiger partial charge is 0.234 e. The molecule has 0 aliphatic rings. The van der Waals surface area contributed by atoms with Crippen molar-refractivity contribution in [3.63, 3.8) is 0 Å². The van der Waals surface area contributed by atoms with Gasteiger partial charge in [0.25, 0.3) is 0 Å². The Balaban J connectivity index is 1.37. The quantitative estimate of drug-likeness (QED) is 0.373. The second kappa shape index (κ2) is 9.29. The van der Waals surface area contributed by atoms with E-state index in [9.17, 15) is 4.79 Å².